The molecule has 0 saturated heterocycles. The van der Waals surface area contributed by atoms with Crippen LogP contribution in [0.25, 0.3) is 11.0 Å². The number of amides is 1. The number of nitrogens with zero attached hydrogens (tertiary/aromatic N) is 5. The highest BCUT2D eigenvalue weighted by atomic mass is 32.1. The summed E-state index contributed by atoms with van der Waals surface area (Å²) in [5.74, 6) is 0.793. The third-order valence-corrected chi connectivity index (χ3v) is 5.32. The molecule has 4 rings (SSSR count). The summed E-state index contributed by atoms with van der Waals surface area (Å²) in [4.78, 5) is 14.2. The molecule has 2 heterocycles. The first kappa shape index (κ1) is 20.1. The third kappa shape index (κ3) is 4.52. The fourth-order valence-corrected chi connectivity index (χ4v) is 3.69. The number of rotatable bonds is 8. The molecule has 0 unspecified atom stereocenters. The Morgan fingerprint density at radius 2 is 1.93 bits per heavy atom. The largest absolute Gasteiger partial charge is 0.422 e. The summed E-state index contributed by atoms with van der Waals surface area (Å²) in [5.41, 5.74) is 3.66. The number of aromatic nitrogens is 4. The van der Waals surface area contributed by atoms with E-state index in [1.807, 2.05) is 48.5 Å². The number of hydrogen-bond donors (Lipinski definition) is 0. The van der Waals surface area contributed by atoms with Crippen molar-refractivity contribution >= 4 is 28.7 Å². The van der Waals surface area contributed by atoms with Crippen molar-refractivity contribution in [3.8, 4) is 0 Å². The molecule has 9 heteroatoms. The quantitative estimate of drug-likeness (QED) is 0.429. The second-order valence-corrected chi connectivity index (χ2v) is 7.43. The van der Waals surface area contributed by atoms with E-state index in [4.69, 9.17) is 9.15 Å². The van der Waals surface area contributed by atoms with Gasteiger partial charge in [0.25, 0.3) is 0 Å². The summed E-state index contributed by atoms with van der Waals surface area (Å²) >= 11 is 1.18. The van der Waals surface area contributed by atoms with Gasteiger partial charge in [-0.3, -0.25) is 4.79 Å². The monoisotopic (exact) mass is 423 g/mol. The van der Waals surface area contributed by atoms with Crippen LogP contribution in [0.4, 0.5) is 0 Å². The Balaban J connectivity index is 1.34. The lowest BCUT2D eigenvalue weighted by molar-refractivity contribution is -0.130. The predicted molar refractivity (Wildman–Crippen MR) is 112 cm³/mol. The third-order valence-electron chi connectivity index (χ3n) is 4.76. The molecule has 0 aliphatic heterocycles. The minimum Gasteiger partial charge on any atom is -0.422 e. The van der Waals surface area contributed by atoms with Crippen molar-refractivity contribution in [2.45, 2.75) is 25.5 Å². The Labute approximate surface area is 177 Å². The molecule has 0 N–H and O–H groups in total. The second-order valence-electron chi connectivity index (χ2n) is 6.90. The van der Waals surface area contributed by atoms with Gasteiger partial charge in [0.1, 0.15) is 11.0 Å². The summed E-state index contributed by atoms with van der Waals surface area (Å²) in [7, 11) is 3.38. The van der Waals surface area contributed by atoms with Crippen LogP contribution in [-0.4, -0.2) is 43.9 Å². The molecule has 2 aromatic heterocycles. The second kappa shape index (κ2) is 9.10. The average molecular weight is 423 g/mol. The highest BCUT2D eigenvalue weighted by molar-refractivity contribution is 7.00. The van der Waals surface area contributed by atoms with Gasteiger partial charge in [-0.2, -0.15) is 8.75 Å². The Morgan fingerprint density at radius 3 is 2.73 bits per heavy atom. The molecule has 0 fully saturated rings. The van der Waals surface area contributed by atoms with Gasteiger partial charge in [-0.05, 0) is 23.3 Å². The molecule has 0 radical (unpaired) electrons. The van der Waals surface area contributed by atoms with E-state index in [0.29, 0.717) is 24.7 Å². The van der Waals surface area contributed by atoms with Crippen LogP contribution in [0.5, 0.6) is 0 Å². The van der Waals surface area contributed by atoms with Crippen LogP contribution < -0.4 is 0 Å². The molecule has 0 bridgehead atoms. The smallest absolute Gasteiger partial charge is 0.249 e. The van der Waals surface area contributed by atoms with Crippen molar-refractivity contribution in [1.29, 1.82) is 0 Å². The topological polar surface area (TPSA) is 94.2 Å². The van der Waals surface area contributed by atoms with Gasteiger partial charge < -0.3 is 14.1 Å². The lowest BCUT2D eigenvalue weighted by Gasteiger charge is -2.16. The van der Waals surface area contributed by atoms with E-state index in [9.17, 15) is 4.79 Å². The minimum absolute atomic E-state index is 0.00222. The molecule has 30 heavy (non-hydrogen) atoms. The normalized spacial score (nSPS) is 12.2. The van der Waals surface area contributed by atoms with Crippen LogP contribution in [0.15, 0.2) is 52.9 Å². The first-order valence-electron chi connectivity index (χ1n) is 9.49. The standard InChI is InChI=1S/C21H21N5O3S/c1-26(13-14-8-9-16-17(12-14)25-30-24-16)19(27)11-10-18-22-23-21(29-18)20(28-2)15-6-4-3-5-7-15/h3-9,12,20H,10-11,13H2,1-2H3/t20-/m0/s1. The van der Waals surface area contributed by atoms with Crippen molar-refractivity contribution in [2.75, 3.05) is 14.2 Å². The summed E-state index contributed by atoms with van der Waals surface area (Å²) in [6.07, 6.45) is 0.221. The van der Waals surface area contributed by atoms with E-state index in [0.717, 1.165) is 22.2 Å². The fourth-order valence-electron chi connectivity index (χ4n) is 3.17. The maximum Gasteiger partial charge on any atom is 0.249 e. The zero-order valence-corrected chi connectivity index (χ0v) is 17.5. The Morgan fingerprint density at radius 1 is 1.13 bits per heavy atom. The Kier molecular flexibility index (Phi) is 6.10. The van der Waals surface area contributed by atoms with E-state index < -0.39 is 6.10 Å². The van der Waals surface area contributed by atoms with E-state index >= 15 is 0 Å². The van der Waals surface area contributed by atoms with Crippen LogP contribution in [-0.2, 0) is 22.5 Å². The molecule has 0 aliphatic carbocycles. The lowest BCUT2D eigenvalue weighted by Crippen LogP contribution is -2.26. The summed E-state index contributed by atoms with van der Waals surface area (Å²) in [5, 5.41) is 8.17. The lowest BCUT2D eigenvalue weighted by atomic mass is 10.1. The molecule has 1 atom stereocenters. The SMILES string of the molecule is CO[C@@H](c1ccccc1)c1nnc(CCC(=O)N(C)Cc2ccc3nsnc3c2)o1. The Bertz CT molecular complexity index is 1130. The maximum atomic E-state index is 12.5. The molecule has 1 amide bonds. The predicted octanol–water partition coefficient (Wildman–Crippen LogP) is 3.40. The van der Waals surface area contributed by atoms with Crippen LogP contribution in [0.1, 0.15) is 35.4 Å². The first-order valence-corrected chi connectivity index (χ1v) is 10.2. The highest BCUT2D eigenvalue weighted by Gasteiger charge is 2.21. The molecule has 154 valence electrons. The van der Waals surface area contributed by atoms with Gasteiger partial charge in [0.15, 0.2) is 6.10 Å². The van der Waals surface area contributed by atoms with E-state index in [1.54, 1.807) is 19.1 Å². The molecule has 8 nitrogen and oxygen atoms in total. The van der Waals surface area contributed by atoms with Crippen molar-refractivity contribution in [1.82, 2.24) is 23.8 Å². The van der Waals surface area contributed by atoms with Gasteiger partial charge in [0.05, 0.1) is 11.7 Å². The molecule has 0 saturated carbocycles. The summed E-state index contributed by atoms with van der Waals surface area (Å²) in [6, 6.07) is 15.5. The van der Waals surface area contributed by atoms with Gasteiger partial charge >= 0.3 is 0 Å². The van der Waals surface area contributed by atoms with Crippen molar-refractivity contribution < 1.29 is 13.9 Å². The van der Waals surface area contributed by atoms with Crippen molar-refractivity contribution in [3.63, 3.8) is 0 Å². The number of ether oxygens (including phenoxy) is 1. The van der Waals surface area contributed by atoms with Gasteiger partial charge in [0.2, 0.25) is 17.7 Å². The van der Waals surface area contributed by atoms with Crippen LogP contribution in [0.2, 0.25) is 0 Å². The highest BCUT2D eigenvalue weighted by Crippen LogP contribution is 2.24. The van der Waals surface area contributed by atoms with Gasteiger partial charge in [-0.1, -0.05) is 36.4 Å². The summed E-state index contributed by atoms with van der Waals surface area (Å²) < 4.78 is 19.7. The van der Waals surface area contributed by atoms with Crippen molar-refractivity contribution in [3.05, 3.63) is 71.4 Å². The van der Waals surface area contributed by atoms with Gasteiger partial charge in [-0.25, -0.2) is 0 Å². The number of carbonyl (C=O) groups is 1. The Hall–Kier alpha value is -3.17. The van der Waals surface area contributed by atoms with E-state index in [-0.39, 0.29) is 12.3 Å². The van der Waals surface area contributed by atoms with Gasteiger partial charge in [0, 0.05) is 33.5 Å². The number of fused-ring (bicyclic) bond motifs is 1. The number of aryl methyl sites for hydroxylation is 1. The number of benzene rings is 2. The zero-order chi connectivity index (χ0) is 20.9. The molecule has 0 spiro atoms. The molecule has 0 aliphatic rings. The van der Waals surface area contributed by atoms with E-state index in [1.165, 1.54) is 11.7 Å². The molecule has 2 aromatic carbocycles. The van der Waals surface area contributed by atoms with Gasteiger partial charge in [-0.15, -0.1) is 10.2 Å². The van der Waals surface area contributed by atoms with Crippen molar-refractivity contribution in [2.24, 2.45) is 0 Å². The molecular weight excluding hydrogens is 402 g/mol. The number of hydrogen-bond acceptors (Lipinski definition) is 8. The number of methoxy groups -OCH3 is 1. The first-order chi connectivity index (χ1) is 14.6. The van der Waals surface area contributed by atoms with Crippen LogP contribution in [0, 0.1) is 0 Å². The fraction of sp³-hybridized carbons (Fsp3) is 0.286. The van der Waals surface area contributed by atoms with Crippen LogP contribution >= 0.6 is 11.7 Å². The molecular formula is C21H21N5O3S. The maximum absolute atomic E-state index is 12.5. The average Bonchev–Trinajstić information content (AvgIpc) is 3.42. The van der Waals surface area contributed by atoms with E-state index in [2.05, 4.69) is 18.9 Å². The molecule has 4 aromatic rings. The minimum atomic E-state index is -0.430. The number of carbonyl (C=O) groups excluding carboxylic acids is 1. The zero-order valence-electron chi connectivity index (χ0n) is 16.7. The van der Waals surface area contributed by atoms with Crippen LogP contribution in [0.3, 0.4) is 0 Å². The summed E-state index contributed by atoms with van der Waals surface area (Å²) in [6.45, 7) is 0.501.